The van der Waals surface area contributed by atoms with Crippen LogP contribution in [0.4, 0.5) is 0 Å². The van der Waals surface area contributed by atoms with E-state index in [0.29, 0.717) is 18.0 Å². The molecule has 1 aromatic carbocycles. The van der Waals surface area contributed by atoms with Crippen molar-refractivity contribution in [3.05, 3.63) is 34.9 Å². The zero-order chi connectivity index (χ0) is 16.7. The van der Waals surface area contributed by atoms with Gasteiger partial charge in [-0.15, -0.1) is 0 Å². The summed E-state index contributed by atoms with van der Waals surface area (Å²) >= 11 is 5.94. The summed E-state index contributed by atoms with van der Waals surface area (Å²) < 4.78 is 0. The zero-order valence-electron chi connectivity index (χ0n) is 13.9. The maximum Gasteiger partial charge on any atom is 0.221 e. The van der Waals surface area contributed by atoms with Crippen molar-refractivity contribution in [3.8, 4) is 0 Å². The molecule has 1 amide bonds. The quantitative estimate of drug-likeness (QED) is 0.803. The van der Waals surface area contributed by atoms with Crippen LogP contribution in [0.3, 0.4) is 0 Å². The van der Waals surface area contributed by atoms with E-state index in [1.807, 2.05) is 24.3 Å². The number of aliphatic hydroxyl groups excluding tert-OH is 1. The zero-order valence-corrected chi connectivity index (χ0v) is 14.6. The van der Waals surface area contributed by atoms with Gasteiger partial charge in [-0.3, -0.25) is 4.79 Å². The molecule has 1 heterocycles. The van der Waals surface area contributed by atoms with Crippen LogP contribution in [0.25, 0.3) is 0 Å². The Morgan fingerprint density at radius 3 is 3.00 bits per heavy atom. The molecule has 2 rings (SSSR count). The van der Waals surface area contributed by atoms with Gasteiger partial charge in [-0.05, 0) is 43.5 Å². The number of nitrogens with one attached hydrogen (secondary N) is 1. The minimum Gasteiger partial charge on any atom is -0.396 e. The second kappa shape index (κ2) is 8.67. The Morgan fingerprint density at radius 2 is 2.30 bits per heavy atom. The van der Waals surface area contributed by atoms with Crippen molar-refractivity contribution in [1.29, 1.82) is 0 Å². The maximum atomic E-state index is 12.0. The predicted octanol–water partition coefficient (Wildman–Crippen LogP) is 2.83. The van der Waals surface area contributed by atoms with E-state index in [-0.39, 0.29) is 17.9 Å². The summed E-state index contributed by atoms with van der Waals surface area (Å²) in [5, 5.41) is 13.3. The van der Waals surface area contributed by atoms with Crippen LogP contribution in [0.1, 0.15) is 38.2 Å². The maximum absolute atomic E-state index is 12.0. The van der Waals surface area contributed by atoms with Crippen molar-refractivity contribution in [3.63, 3.8) is 0 Å². The van der Waals surface area contributed by atoms with Crippen LogP contribution in [0.15, 0.2) is 24.3 Å². The molecule has 0 spiro atoms. The van der Waals surface area contributed by atoms with E-state index < -0.39 is 0 Å². The number of carbonyl (C=O) groups excluding carboxylic acids is 1. The lowest BCUT2D eigenvalue weighted by molar-refractivity contribution is -0.121. The van der Waals surface area contributed by atoms with E-state index in [9.17, 15) is 9.90 Å². The molecule has 1 aromatic rings. The number of hydrogen-bond acceptors (Lipinski definition) is 3. The summed E-state index contributed by atoms with van der Waals surface area (Å²) in [5.74, 6) is 0.0571. The average molecular weight is 339 g/mol. The fourth-order valence-corrected chi connectivity index (χ4v) is 3.44. The molecule has 1 aliphatic heterocycles. The number of aliphatic hydroxyl groups is 1. The molecule has 1 atom stereocenters. The average Bonchev–Trinajstić information content (AvgIpc) is 2.58. The summed E-state index contributed by atoms with van der Waals surface area (Å²) in [7, 11) is 0. The number of nitrogens with zero attached hydrogens (tertiary/aromatic N) is 1. The summed E-state index contributed by atoms with van der Waals surface area (Å²) in [6, 6.07) is 7.53. The van der Waals surface area contributed by atoms with Crippen LogP contribution >= 0.6 is 11.6 Å². The van der Waals surface area contributed by atoms with Gasteiger partial charge >= 0.3 is 0 Å². The van der Waals surface area contributed by atoms with Crippen molar-refractivity contribution in [2.75, 3.05) is 26.2 Å². The summed E-state index contributed by atoms with van der Waals surface area (Å²) in [4.78, 5) is 14.3. The van der Waals surface area contributed by atoms with E-state index in [2.05, 4.69) is 17.1 Å². The molecule has 5 heteroatoms. The van der Waals surface area contributed by atoms with Crippen LogP contribution in [0.2, 0.25) is 5.02 Å². The second-order valence-corrected chi connectivity index (χ2v) is 6.98. The van der Waals surface area contributed by atoms with E-state index in [1.165, 1.54) is 0 Å². The Bertz CT molecular complexity index is 517. The van der Waals surface area contributed by atoms with E-state index in [4.69, 9.17) is 11.6 Å². The van der Waals surface area contributed by atoms with Gasteiger partial charge < -0.3 is 15.3 Å². The SMILES string of the molecule is CC[C@]1(CO)CCCN(CCC(=O)NCc2cccc(Cl)c2)C1. The van der Waals surface area contributed by atoms with Gasteiger partial charge in [0.15, 0.2) is 0 Å². The monoisotopic (exact) mass is 338 g/mol. The lowest BCUT2D eigenvalue weighted by Gasteiger charge is -2.41. The first-order valence-corrected chi connectivity index (χ1v) is 8.79. The number of likely N-dealkylation sites (tertiary alicyclic amines) is 1. The Kier molecular flexibility index (Phi) is 6.88. The number of piperidine rings is 1. The Morgan fingerprint density at radius 1 is 1.48 bits per heavy atom. The van der Waals surface area contributed by atoms with Crippen molar-refractivity contribution < 1.29 is 9.90 Å². The summed E-state index contributed by atoms with van der Waals surface area (Å²) in [6.45, 7) is 5.54. The minimum atomic E-state index is 0.0233. The Hall–Kier alpha value is -1.10. The van der Waals surface area contributed by atoms with E-state index in [1.54, 1.807) is 0 Å². The lowest BCUT2D eigenvalue weighted by Crippen LogP contribution is -2.46. The highest BCUT2D eigenvalue weighted by molar-refractivity contribution is 6.30. The van der Waals surface area contributed by atoms with Crippen LogP contribution in [0.5, 0.6) is 0 Å². The molecule has 4 nitrogen and oxygen atoms in total. The third-order valence-corrected chi connectivity index (χ3v) is 5.09. The highest BCUT2D eigenvalue weighted by Gasteiger charge is 2.33. The van der Waals surface area contributed by atoms with Crippen molar-refractivity contribution >= 4 is 17.5 Å². The molecule has 0 unspecified atom stereocenters. The largest absolute Gasteiger partial charge is 0.396 e. The molecule has 2 N–H and O–H groups in total. The number of carbonyl (C=O) groups is 1. The number of hydrogen-bond donors (Lipinski definition) is 2. The third kappa shape index (κ3) is 5.48. The standard InChI is InChI=1S/C18H27ClN2O2/c1-2-18(14-22)8-4-9-21(13-18)10-7-17(23)20-12-15-5-3-6-16(19)11-15/h3,5-6,11,22H,2,4,7-10,12-14H2,1H3,(H,20,23)/t18-/m0/s1. The molecule has 1 aliphatic rings. The third-order valence-electron chi connectivity index (χ3n) is 4.86. The van der Waals surface area contributed by atoms with Gasteiger partial charge in [0.05, 0.1) is 0 Å². The molecule has 0 bridgehead atoms. The van der Waals surface area contributed by atoms with Gasteiger partial charge in [-0.2, -0.15) is 0 Å². The molecule has 0 saturated carbocycles. The fourth-order valence-electron chi connectivity index (χ4n) is 3.23. The van der Waals surface area contributed by atoms with Crippen LogP contribution in [0, 0.1) is 5.41 Å². The van der Waals surface area contributed by atoms with Crippen LogP contribution < -0.4 is 5.32 Å². The Balaban J connectivity index is 1.74. The first-order valence-electron chi connectivity index (χ1n) is 8.41. The van der Waals surface area contributed by atoms with Gasteiger partial charge in [0, 0.05) is 43.1 Å². The molecular weight excluding hydrogens is 312 g/mol. The lowest BCUT2D eigenvalue weighted by atomic mass is 9.78. The van der Waals surface area contributed by atoms with E-state index in [0.717, 1.165) is 44.5 Å². The molecule has 0 aliphatic carbocycles. The summed E-state index contributed by atoms with van der Waals surface area (Å²) in [6.07, 6.45) is 3.66. The highest BCUT2D eigenvalue weighted by atomic mass is 35.5. The van der Waals surface area contributed by atoms with Crippen molar-refractivity contribution in [2.24, 2.45) is 5.41 Å². The fraction of sp³-hybridized carbons (Fsp3) is 0.611. The molecule has 0 radical (unpaired) electrons. The first kappa shape index (κ1) is 18.2. The number of rotatable bonds is 7. The van der Waals surface area contributed by atoms with Crippen LogP contribution in [-0.2, 0) is 11.3 Å². The smallest absolute Gasteiger partial charge is 0.221 e. The summed E-state index contributed by atoms with van der Waals surface area (Å²) in [5.41, 5.74) is 1.03. The Labute approximate surface area is 143 Å². The topological polar surface area (TPSA) is 52.6 Å². The number of amides is 1. The van der Waals surface area contributed by atoms with Gasteiger partial charge in [-0.1, -0.05) is 30.7 Å². The predicted molar refractivity (Wildman–Crippen MR) is 93.4 cm³/mol. The highest BCUT2D eigenvalue weighted by Crippen LogP contribution is 2.32. The molecule has 1 fully saturated rings. The van der Waals surface area contributed by atoms with Gasteiger partial charge in [0.25, 0.3) is 0 Å². The normalized spacial score (nSPS) is 22.0. The first-order chi connectivity index (χ1) is 11.1. The van der Waals surface area contributed by atoms with Crippen LogP contribution in [-0.4, -0.2) is 42.2 Å². The van der Waals surface area contributed by atoms with Gasteiger partial charge in [0.1, 0.15) is 0 Å². The van der Waals surface area contributed by atoms with Gasteiger partial charge in [-0.25, -0.2) is 0 Å². The number of benzene rings is 1. The van der Waals surface area contributed by atoms with Gasteiger partial charge in [0.2, 0.25) is 5.91 Å². The molecule has 128 valence electrons. The second-order valence-electron chi connectivity index (χ2n) is 6.55. The minimum absolute atomic E-state index is 0.0233. The van der Waals surface area contributed by atoms with E-state index >= 15 is 0 Å². The van der Waals surface area contributed by atoms with Crippen molar-refractivity contribution in [2.45, 2.75) is 39.2 Å². The molecule has 0 aromatic heterocycles. The molecule has 1 saturated heterocycles. The van der Waals surface area contributed by atoms with Crippen molar-refractivity contribution in [1.82, 2.24) is 10.2 Å². The molecule has 23 heavy (non-hydrogen) atoms. The number of halogens is 1. The molecular formula is C18H27ClN2O2.